The Morgan fingerprint density at radius 2 is 1.82 bits per heavy atom. The van der Waals surface area contributed by atoms with Crippen LogP contribution in [0.2, 0.25) is 0 Å². The third-order valence-corrected chi connectivity index (χ3v) is 4.28. The predicted octanol–water partition coefficient (Wildman–Crippen LogP) is 3.29. The summed E-state index contributed by atoms with van der Waals surface area (Å²) < 4.78 is 9.63. The van der Waals surface area contributed by atoms with Gasteiger partial charge in [0.2, 0.25) is 11.3 Å². The van der Waals surface area contributed by atoms with Gasteiger partial charge in [-0.3, -0.25) is 15.5 Å². The van der Waals surface area contributed by atoms with Crippen LogP contribution in [-0.4, -0.2) is 44.0 Å². The first-order valence-corrected chi connectivity index (χ1v) is 9.62. The second-order valence-electron chi connectivity index (χ2n) is 6.44. The number of rotatable bonds is 8. The zero-order chi connectivity index (χ0) is 23.2. The molecule has 0 fully saturated rings. The first-order chi connectivity index (χ1) is 16.0. The lowest BCUT2D eigenvalue weighted by Crippen LogP contribution is -2.05. The van der Waals surface area contributed by atoms with Gasteiger partial charge < -0.3 is 10.1 Å². The summed E-state index contributed by atoms with van der Waals surface area (Å²) in [5.41, 5.74) is 4.21. The monoisotopic (exact) mass is 448 g/mol. The van der Waals surface area contributed by atoms with Crippen LogP contribution in [0.5, 0.6) is 0 Å². The third kappa shape index (κ3) is 4.87. The number of benzene rings is 2. The minimum Gasteiger partial charge on any atom is -0.462 e. The molecule has 0 aliphatic heterocycles. The molecule has 4 aromatic rings. The van der Waals surface area contributed by atoms with Gasteiger partial charge in [0.1, 0.15) is 0 Å². The molecule has 2 N–H and O–H groups in total. The number of hydrogen-bond donors (Lipinski definition) is 2. The Labute approximate surface area is 185 Å². The summed E-state index contributed by atoms with van der Waals surface area (Å²) in [6.07, 6.45) is 1.29. The fourth-order valence-electron chi connectivity index (χ4n) is 2.77. The van der Waals surface area contributed by atoms with Crippen molar-refractivity contribution in [3.8, 4) is 0 Å². The predicted molar refractivity (Wildman–Crippen MR) is 117 cm³/mol. The van der Waals surface area contributed by atoms with E-state index in [1.807, 2.05) is 0 Å². The highest BCUT2D eigenvalue weighted by molar-refractivity contribution is 5.90. The fourth-order valence-corrected chi connectivity index (χ4v) is 2.77. The molecular formula is C20H16N8O5. The van der Waals surface area contributed by atoms with Crippen LogP contribution in [0.25, 0.3) is 11.3 Å². The smallest absolute Gasteiger partial charge is 0.338 e. The molecule has 2 aromatic heterocycles. The average Bonchev–Trinajstić information content (AvgIpc) is 3.27. The van der Waals surface area contributed by atoms with Crippen LogP contribution in [0, 0.1) is 10.1 Å². The Kier molecular flexibility index (Phi) is 6.11. The lowest BCUT2D eigenvalue weighted by atomic mass is 10.2. The molecule has 13 heteroatoms. The Morgan fingerprint density at radius 1 is 1.12 bits per heavy atom. The third-order valence-electron chi connectivity index (χ3n) is 4.28. The molecule has 0 aliphatic carbocycles. The average molecular weight is 448 g/mol. The summed E-state index contributed by atoms with van der Waals surface area (Å²) in [4.78, 5) is 31.1. The highest BCUT2D eigenvalue weighted by Crippen LogP contribution is 2.24. The Morgan fingerprint density at radius 3 is 2.52 bits per heavy atom. The summed E-state index contributed by atoms with van der Waals surface area (Å²) in [5, 5.41) is 25.6. The number of esters is 1. The number of anilines is 3. The number of fused-ring (bicyclic) bond motifs is 1. The van der Waals surface area contributed by atoms with Crippen LogP contribution < -0.4 is 10.7 Å². The number of para-hydroxylation sites is 1. The number of nitrogens with zero attached hydrogens (tertiary/aromatic N) is 6. The van der Waals surface area contributed by atoms with Gasteiger partial charge in [0.05, 0.1) is 28.9 Å². The van der Waals surface area contributed by atoms with E-state index in [0.29, 0.717) is 16.8 Å². The number of aromatic nitrogens is 4. The van der Waals surface area contributed by atoms with Crippen LogP contribution >= 0.6 is 0 Å². The van der Waals surface area contributed by atoms with Gasteiger partial charge in [-0.2, -0.15) is 10.1 Å². The highest BCUT2D eigenvalue weighted by atomic mass is 16.6. The van der Waals surface area contributed by atoms with E-state index in [1.54, 1.807) is 49.4 Å². The van der Waals surface area contributed by atoms with Gasteiger partial charge in [0.15, 0.2) is 11.6 Å². The standard InChI is InChI=1S/C20H16N8O5/c1-2-32-20(29)12-7-9-14(10-8-12)22-16-17(24-19-18(23-16)26-33-27-19)25-21-11-13-5-3-4-6-15(13)28(30)31/h3-11H,2H2,1H3,(H,22,23,26)(H,24,25,27)/b21-11-. The Bertz CT molecular complexity index is 1340. The van der Waals surface area contributed by atoms with Gasteiger partial charge in [-0.15, -0.1) is 0 Å². The van der Waals surface area contributed by atoms with E-state index in [1.165, 1.54) is 12.3 Å². The Hall–Kier alpha value is -4.94. The first-order valence-electron chi connectivity index (χ1n) is 9.62. The quantitative estimate of drug-likeness (QED) is 0.175. The number of ether oxygens (including phenoxy) is 1. The van der Waals surface area contributed by atoms with E-state index >= 15 is 0 Å². The van der Waals surface area contributed by atoms with E-state index in [0.717, 1.165) is 0 Å². The van der Waals surface area contributed by atoms with Gasteiger partial charge in [0, 0.05) is 11.8 Å². The topological polar surface area (TPSA) is 171 Å². The second-order valence-corrected chi connectivity index (χ2v) is 6.44. The number of nitro benzene ring substituents is 1. The maximum Gasteiger partial charge on any atom is 0.338 e. The molecule has 2 aromatic carbocycles. The zero-order valence-corrected chi connectivity index (χ0v) is 17.1. The molecular weight excluding hydrogens is 432 g/mol. The van der Waals surface area contributed by atoms with Crippen LogP contribution in [0.3, 0.4) is 0 Å². The Balaban J connectivity index is 1.59. The van der Waals surface area contributed by atoms with Gasteiger partial charge in [0.25, 0.3) is 5.69 Å². The van der Waals surface area contributed by atoms with Gasteiger partial charge in [-0.25, -0.2) is 14.4 Å². The normalized spacial score (nSPS) is 10.9. The molecule has 0 atom stereocenters. The maximum atomic E-state index is 11.8. The van der Waals surface area contributed by atoms with Crippen molar-refractivity contribution in [1.82, 2.24) is 20.3 Å². The van der Waals surface area contributed by atoms with Crippen molar-refractivity contribution in [2.75, 3.05) is 17.3 Å². The van der Waals surface area contributed by atoms with Crippen molar-refractivity contribution < 1.29 is 19.1 Å². The highest BCUT2D eigenvalue weighted by Gasteiger charge is 2.14. The molecule has 0 bridgehead atoms. The molecule has 0 aliphatic rings. The molecule has 33 heavy (non-hydrogen) atoms. The summed E-state index contributed by atoms with van der Waals surface area (Å²) >= 11 is 0. The minimum absolute atomic E-state index is 0.0923. The molecule has 0 spiro atoms. The van der Waals surface area contributed by atoms with E-state index < -0.39 is 10.9 Å². The van der Waals surface area contributed by atoms with Crippen molar-refractivity contribution >= 4 is 46.5 Å². The SMILES string of the molecule is CCOC(=O)c1ccc(Nc2nc3nonc3nc2N/N=C\c2ccccc2[N+](=O)[O-])cc1. The number of nitro groups is 1. The lowest BCUT2D eigenvalue weighted by Gasteiger charge is -2.10. The van der Waals surface area contributed by atoms with E-state index in [-0.39, 0.29) is 35.2 Å². The second kappa shape index (κ2) is 9.47. The van der Waals surface area contributed by atoms with Crippen LogP contribution in [0.15, 0.2) is 58.3 Å². The molecule has 0 amide bonds. The maximum absolute atomic E-state index is 11.8. The van der Waals surface area contributed by atoms with E-state index in [2.05, 4.69) is 40.8 Å². The molecule has 166 valence electrons. The molecule has 0 radical (unpaired) electrons. The van der Waals surface area contributed by atoms with Crippen molar-refractivity contribution in [2.45, 2.75) is 6.92 Å². The number of carbonyl (C=O) groups excluding carboxylic acids is 1. The largest absolute Gasteiger partial charge is 0.462 e. The van der Waals surface area contributed by atoms with Crippen molar-refractivity contribution in [3.05, 3.63) is 69.8 Å². The van der Waals surface area contributed by atoms with Crippen LogP contribution in [-0.2, 0) is 4.74 Å². The molecule has 4 rings (SSSR count). The zero-order valence-electron chi connectivity index (χ0n) is 17.1. The van der Waals surface area contributed by atoms with Gasteiger partial charge in [-0.05, 0) is 47.6 Å². The van der Waals surface area contributed by atoms with E-state index in [4.69, 9.17) is 4.74 Å². The van der Waals surface area contributed by atoms with Crippen LogP contribution in [0.1, 0.15) is 22.8 Å². The van der Waals surface area contributed by atoms with Crippen molar-refractivity contribution in [1.29, 1.82) is 0 Å². The van der Waals surface area contributed by atoms with Crippen LogP contribution in [0.4, 0.5) is 23.0 Å². The number of hydrogen-bond acceptors (Lipinski definition) is 12. The summed E-state index contributed by atoms with van der Waals surface area (Å²) in [7, 11) is 0. The van der Waals surface area contributed by atoms with Gasteiger partial charge in [-0.1, -0.05) is 12.1 Å². The lowest BCUT2D eigenvalue weighted by molar-refractivity contribution is -0.385. The van der Waals surface area contributed by atoms with Crippen molar-refractivity contribution in [3.63, 3.8) is 0 Å². The molecule has 13 nitrogen and oxygen atoms in total. The summed E-state index contributed by atoms with van der Waals surface area (Å²) in [6.45, 7) is 2.01. The number of carbonyl (C=O) groups is 1. The number of hydrazone groups is 1. The molecule has 0 saturated carbocycles. The molecule has 0 saturated heterocycles. The van der Waals surface area contributed by atoms with E-state index in [9.17, 15) is 14.9 Å². The molecule has 2 heterocycles. The van der Waals surface area contributed by atoms with Gasteiger partial charge >= 0.3 is 5.97 Å². The summed E-state index contributed by atoms with van der Waals surface area (Å²) in [6, 6.07) is 12.7. The molecule has 0 unspecified atom stereocenters. The minimum atomic E-state index is -0.499. The first kappa shape index (κ1) is 21.3. The fraction of sp³-hybridized carbons (Fsp3) is 0.100. The number of nitrogens with one attached hydrogen (secondary N) is 2. The van der Waals surface area contributed by atoms with Crippen molar-refractivity contribution in [2.24, 2.45) is 5.10 Å². The summed E-state index contributed by atoms with van der Waals surface area (Å²) in [5.74, 6) is -0.0186.